The largest absolute Gasteiger partial charge is 0.494 e. The lowest BCUT2D eigenvalue weighted by molar-refractivity contribution is -0.139. The Labute approximate surface area is 296 Å². The van der Waals surface area contributed by atoms with E-state index in [9.17, 15) is 14.4 Å². The van der Waals surface area contributed by atoms with Crippen LogP contribution in [0.4, 0.5) is 17.1 Å². The molecule has 0 unspecified atom stereocenters. The molecular formula is C41H39N3O7. The number of nitrogens with zero attached hydrogens (tertiary/aromatic N) is 2. The van der Waals surface area contributed by atoms with Gasteiger partial charge in [0, 0.05) is 28.6 Å². The fourth-order valence-corrected chi connectivity index (χ4v) is 5.07. The van der Waals surface area contributed by atoms with Crippen molar-refractivity contribution in [3.05, 3.63) is 138 Å². The lowest BCUT2D eigenvalue weighted by Crippen LogP contribution is -2.08. The number of hydrogen-bond acceptors (Lipinski definition) is 9. The summed E-state index contributed by atoms with van der Waals surface area (Å²) in [4.78, 5) is 35.2. The van der Waals surface area contributed by atoms with E-state index >= 15 is 0 Å². The molecule has 0 spiro atoms. The van der Waals surface area contributed by atoms with E-state index in [4.69, 9.17) is 19.3 Å². The second kappa shape index (κ2) is 17.9. The van der Waals surface area contributed by atoms with Gasteiger partial charge in [0.2, 0.25) is 0 Å². The van der Waals surface area contributed by atoms with E-state index in [0.29, 0.717) is 53.8 Å². The zero-order valence-corrected chi connectivity index (χ0v) is 28.3. The Morgan fingerprint density at radius 2 is 1.35 bits per heavy atom. The van der Waals surface area contributed by atoms with Crippen molar-refractivity contribution in [2.75, 3.05) is 18.5 Å². The number of benzene rings is 5. The first-order valence-electron chi connectivity index (χ1n) is 16.6. The first-order valence-corrected chi connectivity index (χ1v) is 16.6. The molecule has 10 heteroatoms. The van der Waals surface area contributed by atoms with Crippen molar-refractivity contribution in [2.45, 2.75) is 39.2 Å². The number of fused-ring (bicyclic) bond motifs is 1. The van der Waals surface area contributed by atoms with Crippen LogP contribution in [0.25, 0.3) is 10.8 Å². The van der Waals surface area contributed by atoms with Crippen LogP contribution in [-0.2, 0) is 16.1 Å². The number of carbonyl (C=O) groups is 3. The number of hydrogen-bond donors (Lipinski definition) is 2. The summed E-state index contributed by atoms with van der Waals surface area (Å²) in [6.45, 7) is 6.69. The van der Waals surface area contributed by atoms with Crippen LogP contribution in [0.5, 0.6) is 11.5 Å². The molecule has 5 rings (SSSR count). The van der Waals surface area contributed by atoms with Crippen LogP contribution in [0.2, 0.25) is 0 Å². The van der Waals surface area contributed by atoms with Gasteiger partial charge < -0.3 is 24.6 Å². The quantitative estimate of drug-likeness (QED) is 0.0325. The highest BCUT2D eigenvalue weighted by Gasteiger charge is 2.10. The van der Waals surface area contributed by atoms with Gasteiger partial charge in [-0.15, -0.1) is 5.11 Å². The standard InChI is InChI=1S/C41H39N3O7/c1-28(2)40(47)50-26-8-4-3-7-25-49-33-21-15-31(16-22-33)41(48)51-34-19-11-29(12-20-34)27-42-37-23-24-38(36-10-6-5-9-35(36)37)44-43-32-17-13-30(14-18-32)39(45)46/h5-6,9-24,42H,1,3-4,7-8,25-27H2,2H3,(H,45,46). The SMILES string of the molecule is C=C(C)C(=O)OCCCCCCOc1ccc(C(=O)Oc2ccc(CNc3ccc(N=Nc4ccc(C(=O)O)cc4)c4ccccc34)cc2)cc1. The van der Waals surface area contributed by atoms with Gasteiger partial charge in [-0.25, -0.2) is 14.4 Å². The summed E-state index contributed by atoms with van der Waals surface area (Å²) in [6, 6.07) is 32.2. The summed E-state index contributed by atoms with van der Waals surface area (Å²) in [7, 11) is 0. The highest BCUT2D eigenvalue weighted by atomic mass is 16.5. The van der Waals surface area contributed by atoms with E-state index in [-0.39, 0.29) is 11.5 Å². The predicted molar refractivity (Wildman–Crippen MR) is 196 cm³/mol. The topological polar surface area (TPSA) is 136 Å². The average Bonchev–Trinajstić information content (AvgIpc) is 3.15. The Hall–Kier alpha value is -6.29. The third-order valence-corrected chi connectivity index (χ3v) is 7.88. The van der Waals surface area contributed by atoms with Gasteiger partial charge >= 0.3 is 17.9 Å². The molecule has 0 aliphatic carbocycles. The minimum Gasteiger partial charge on any atom is -0.494 e. The van der Waals surface area contributed by atoms with Crippen molar-refractivity contribution >= 4 is 45.7 Å². The first-order chi connectivity index (χ1) is 24.8. The summed E-state index contributed by atoms with van der Waals surface area (Å²) < 4.78 is 16.5. The Morgan fingerprint density at radius 3 is 2.04 bits per heavy atom. The molecule has 0 fully saturated rings. The number of ether oxygens (including phenoxy) is 3. The lowest BCUT2D eigenvalue weighted by Gasteiger charge is -2.12. The van der Waals surface area contributed by atoms with Crippen LogP contribution >= 0.6 is 0 Å². The Balaban J connectivity index is 1.07. The van der Waals surface area contributed by atoms with E-state index in [1.807, 2.05) is 48.5 Å². The molecule has 0 aliphatic heterocycles. The number of unbranched alkanes of at least 4 members (excludes halogenated alkanes) is 3. The van der Waals surface area contributed by atoms with Crippen LogP contribution < -0.4 is 14.8 Å². The average molecular weight is 686 g/mol. The molecule has 0 saturated carbocycles. The summed E-state index contributed by atoms with van der Waals surface area (Å²) in [5.74, 6) is -0.683. The molecule has 10 nitrogen and oxygen atoms in total. The summed E-state index contributed by atoms with van der Waals surface area (Å²) >= 11 is 0. The number of anilines is 1. The molecule has 0 aromatic heterocycles. The van der Waals surface area contributed by atoms with Crippen molar-refractivity contribution in [1.29, 1.82) is 0 Å². The first kappa shape index (κ1) is 36.0. The molecule has 5 aromatic carbocycles. The van der Waals surface area contributed by atoms with Gasteiger partial charge in [-0.05, 0) is 111 Å². The number of nitrogens with one attached hydrogen (secondary N) is 1. The Morgan fingerprint density at radius 1 is 0.706 bits per heavy atom. The third-order valence-electron chi connectivity index (χ3n) is 7.88. The normalized spacial score (nSPS) is 10.9. The number of carboxylic acid groups (broad SMARTS) is 1. The van der Waals surface area contributed by atoms with Gasteiger partial charge in [0.25, 0.3) is 0 Å². The molecule has 5 aromatic rings. The molecule has 0 bridgehead atoms. The number of aromatic carboxylic acids is 1. The molecule has 0 radical (unpaired) electrons. The smallest absolute Gasteiger partial charge is 0.343 e. The van der Waals surface area contributed by atoms with E-state index in [1.165, 1.54) is 12.1 Å². The molecule has 51 heavy (non-hydrogen) atoms. The van der Waals surface area contributed by atoms with E-state index < -0.39 is 11.9 Å². The molecule has 260 valence electrons. The zero-order valence-electron chi connectivity index (χ0n) is 28.3. The van der Waals surface area contributed by atoms with E-state index in [2.05, 4.69) is 22.1 Å². The molecule has 2 N–H and O–H groups in total. The number of rotatable bonds is 17. The molecule has 0 aliphatic rings. The second-order valence-corrected chi connectivity index (χ2v) is 11.8. The number of esters is 2. The number of carbonyl (C=O) groups excluding carboxylic acids is 2. The van der Waals surface area contributed by atoms with Gasteiger partial charge in [0.05, 0.1) is 35.7 Å². The maximum Gasteiger partial charge on any atom is 0.343 e. The van der Waals surface area contributed by atoms with Crippen molar-refractivity contribution in [2.24, 2.45) is 10.2 Å². The summed E-state index contributed by atoms with van der Waals surface area (Å²) in [5.41, 5.74) is 4.19. The van der Waals surface area contributed by atoms with Crippen LogP contribution in [0.1, 0.15) is 58.9 Å². The maximum atomic E-state index is 12.8. The second-order valence-electron chi connectivity index (χ2n) is 11.8. The highest BCUT2D eigenvalue weighted by molar-refractivity contribution is 6.00. The van der Waals surface area contributed by atoms with Gasteiger partial charge in [-0.1, -0.05) is 43.0 Å². The minimum atomic E-state index is -0.991. The van der Waals surface area contributed by atoms with Crippen LogP contribution in [0.3, 0.4) is 0 Å². The Bertz CT molecular complexity index is 2010. The molecule has 0 atom stereocenters. The highest BCUT2D eigenvalue weighted by Crippen LogP contribution is 2.33. The number of carboxylic acids is 1. The van der Waals surface area contributed by atoms with Gasteiger partial charge in [0.1, 0.15) is 11.5 Å². The molecule has 0 heterocycles. The van der Waals surface area contributed by atoms with E-state index in [1.54, 1.807) is 55.5 Å². The fraction of sp³-hybridized carbons (Fsp3) is 0.195. The third kappa shape index (κ3) is 10.6. The monoisotopic (exact) mass is 685 g/mol. The summed E-state index contributed by atoms with van der Waals surface area (Å²) in [6.07, 6.45) is 3.56. The van der Waals surface area contributed by atoms with Gasteiger partial charge in [0.15, 0.2) is 0 Å². The lowest BCUT2D eigenvalue weighted by atomic mass is 10.1. The van der Waals surface area contributed by atoms with Crippen LogP contribution in [0.15, 0.2) is 132 Å². The molecular weight excluding hydrogens is 646 g/mol. The summed E-state index contributed by atoms with van der Waals surface area (Å²) in [5, 5.41) is 23.2. The van der Waals surface area contributed by atoms with Crippen molar-refractivity contribution < 1.29 is 33.7 Å². The van der Waals surface area contributed by atoms with Crippen molar-refractivity contribution in [1.82, 2.24) is 0 Å². The minimum absolute atomic E-state index is 0.191. The van der Waals surface area contributed by atoms with Crippen LogP contribution in [0, 0.1) is 0 Å². The van der Waals surface area contributed by atoms with Gasteiger partial charge in [-0.3, -0.25) is 0 Å². The Kier molecular flexibility index (Phi) is 12.6. The maximum absolute atomic E-state index is 12.8. The van der Waals surface area contributed by atoms with Crippen LogP contribution in [-0.4, -0.2) is 36.2 Å². The number of azo groups is 1. The van der Waals surface area contributed by atoms with Crippen molar-refractivity contribution in [3.8, 4) is 11.5 Å². The van der Waals surface area contributed by atoms with Gasteiger partial charge in [-0.2, -0.15) is 5.11 Å². The fourth-order valence-electron chi connectivity index (χ4n) is 5.07. The molecule has 0 amide bonds. The predicted octanol–water partition coefficient (Wildman–Crippen LogP) is 9.84. The van der Waals surface area contributed by atoms with Crippen molar-refractivity contribution in [3.63, 3.8) is 0 Å². The zero-order chi connectivity index (χ0) is 36.0. The molecule has 0 saturated heterocycles. The van der Waals surface area contributed by atoms with E-state index in [0.717, 1.165) is 47.7 Å².